The maximum absolute atomic E-state index is 14.1. The molecule has 16 N–H and O–H groups in total. The number of primary amides is 1. The van der Waals surface area contributed by atoms with E-state index in [9.17, 15) is 68.1 Å². The second kappa shape index (κ2) is 27.9. The fourth-order valence-electron chi connectivity index (χ4n) is 6.60. The summed E-state index contributed by atoms with van der Waals surface area (Å²) >= 11 is 3.90. The molecule has 9 amide bonds. The maximum Gasteiger partial charge on any atom is 0.326 e. The highest BCUT2D eigenvalue weighted by molar-refractivity contribution is 7.80. The first kappa shape index (κ1) is 58.3. The van der Waals surface area contributed by atoms with E-state index >= 15 is 0 Å². The van der Waals surface area contributed by atoms with Crippen molar-refractivity contribution in [2.75, 3.05) is 12.4 Å². The third kappa shape index (κ3) is 19.0. The Hall–Kier alpha value is -6.80. The van der Waals surface area contributed by atoms with Gasteiger partial charge in [0, 0.05) is 35.7 Å². The first-order chi connectivity index (χ1) is 32.3. The average Bonchev–Trinajstić information content (AvgIpc) is 3.68. The summed E-state index contributed by atoms with van der Waals surface area (Å²) in [7, 11) is 0. The van der Waals surface area contributed by atoms with Crippen LogP contribution in [0, 0.1) is 11.8 Å². The summed E-state index contributed by atoms with van der Waals surface area (Å²) in [6.07, 6.45) is -0.627. The summed E-state index contributed by atoms with van der Waals surface area (Å²) in [5.41, 5.74) is 12.3. The minimum atomic E-state index is -1.81. The molecule has 0 radical (unpaired) electrons. The fraction of sp³-hybridized carbons (Fsp3) is 0.558. The Morgan fingerprint density at radius 2 is 1.13 bits per heavy atom. The number of thiol groups is 1. The summed E-state index contributed by atoms with van der Waals surface area (Å²) in [5.74, 6) is -12.4. The number of amides is 9. The van der Waals surface area contributed by atoms with Crippen LogP contribution in [0.25, 0.3) is 10.9 Å². The normalized spacial score (nSPS) is 15.1. The number of para-hydroxylation sites is 1. The number of aliphatic hydroxyl groups excluding tert-OH is 1. The zero-order chi connectivity index (χ0) is 52.3. The Kier molecular flexibility index (Phi) is 23.6. The second-order valence-corrected chi connectivity index (χ2v) is 17.5. The van der Waals surface area contributed by atoms with E-state index in [0.29, 0.717) is 5.56 Å². The molecule has 382 valence electrons. The molecule has 1 aromatic heterocycles. The molecule has 0 bridgehead atoms. The van der Waals surface area contributed by atoms with Gasteiger partial charge in [-0.15, -0.1) is 0 Å². The van der Waals surface area contributed by atoms with Crippen LogP contribution in [0.15, 0.2) is 30.5 Å². The standard InChI is InChI=1S/C43H65N11O14S/c1-19(2)13-28(39(63)51-29(41(65)54-34(20(3)4)43(67)68)14-23-16-46-26-10-8-7-9-24(23)26)50-40(64)30(15-32(45)56)52-38(62)27(11-12-33(57)58)49-36(60)22(6)47-35(59)21(5)48-42(66)31(17-55)53-37(61)25(44)18-69/h7-10,16,19-22,25,27-31,34,46,55,69H,11-15,17-18,44H2,1-6H3,(H2,45,56)(H,47,59)(H,48,66)(H,49,60)(H,50,64)(H,51,63)(H,52,62)(H,53,61)(H,54,65)(H,57,58)(H,67,68)/t21-,22-,25-,27-,28-,29-,30-,31-,34-/m0/s1. The number of carbonyl (C=O) groups is 11. The number of hydrogen-bond donors (Lipinski definition) is 15. The molecule has 0 aliphatic carbocycles. The molecule has 69 heavy (non-hydrogen) atoms. The lowest BCUT2D eigenvalue weighted by Crippen LogP contribution is -2.60. The quantitative estimate of drug-likeness (QED) is 0.0350. The highest BCUT2D eigenvalue weighted by Gasteiger charge is 2.35. The number of rotatable bonds is 29. The fourth-order valence-corrected chi connectivity index (χ4v) is 6.77. The molecule has 25 nitrogen and oxygen atoms in total. The Balaban J connectivity index is 2.31. The van der Waals surface area contributed by atoms with Crippen LogP contribution in [0.4, 0.5) is 0 Å². The van der Waals surface area contributed by atoms with Gasteiger partial charge in [-0.25, -0.2) is 4.79 Å². The van der Waals surface area contributed by atoms with Crippen LogP contribution in [0.2, 0.25) is 0 Å². The Morgan fingerprint density at radius 1 is 0.638 bits per heavy atom. The van der Waals surface area contributed by atoms with Crippen LogP contribution in [0.5, 0.6) is 0 Å². The predicted molar refractivity (Wildman–Crippen MR) is 250 cm³/mol. The van der Waals surface area contributed by atoms with E-state index < -0.39 is 151 Å². The third-order valence-corrected chi connectivity index (χ3v) is 10.9. The largest absolute Gasteiger partial charge is 0.481 e. The second-order valence-electron chi connectivity index (χ2n) is 17.1. The smallest absolute Gasteiger partial charge is 0.326 e. The molecule has 9 atom stereocenters. The van der Waals surface area contributed by atoms with Gasteiger partial charge in [0.1, 0.15) is 48.3 Å². The van der Waals surface area contributed by atoms with E-state index in [0.717, 1.165) is 10.9 Å². The van der Waals surface area contributed by atoms with Gasteiger partial charge in [-0.1, -0.05) is 45.9 Å². The van der Waals surface area contributed by atoms with Gasteiger partial charge in [0.2, 0.25) is 53.2 Å². The molecule has 1 heterocycles. The van der Waals surface area contributed by atoms with E-state index in [1.54, 1.807) is 58.2 Å². The van der Waals surface area contributed by atoms with Crippen molar-refractivity contribution in [3.8, 4) is 0 Å². The summed E-state index contributed by atoms with van der Waals surface area (Å²) < 4.78 is 0. The summed E-state index contributed by atoms with van der Waals surface area (Å²) in [6.45, 7) is 8.17. The van der Waals surface area contributed by atoms with Gasteiger partial charge in [-0.05, 0) is 50.2 Å². The number of carbonyl (C=O) groups excluding carboxylic acids is 9. The van der Waals surface area contributed by atoms with Gasteiger partial charge >= 0.3 is 11.9 Å². The van der Waals surface area contributed by atoms with E-state index in [4.69, 9.17) is 11.5 Å². The number of nitrogens with two attached hydrogens (primary N) is 2. The molecule has 0 spiro atoms. The lowest BCUT2D eigenvalue weighted by Gasteiger charge is -2.28. The van der Waals surface area contributed by atoms with Gasteiger partial charge < -0.3 is 74.3 Å². The molecular weight excluding hydrogens is 927 g/mol. The van der Waals surface area contributed by atoms with E-state index in [2.05, 4.69) is 60.1 Å². The van der Waals surface area contributed by atoms with Gasteiger partial charge in [0.05, 0.1) is 19.1 Å². The number of H-pyrrole nitrogens is 1. The molecule has 2 aromatic rings. The highest BCUT2D eigenvalue weighted by Crippen LogP contribution is 2.20. The number of carboxylic acid groups (broad SMARTS) is 2. The maximum atomic E-state index is 14.1. The highest BCUT2D eigenvalue weighted by atomic mass is 32.1. The number of aliphatic carboxylic acids is 2. The minimum Gasteiger partial charge on any atom is -0.481 e. The van der Waals surface area contributed by atoms with Crippen LogP contribution in [-0.4, -0.2) is 152 Å². The molecule has 0 unspecified atom stereocenters. The van der Waals surface area contributed by atoms with Gasteiger partial charge in [0.15, 0.2) is 0 Å². The molecule has 0 aliphatic rings. The Labute approximate surface area is 402 Å². The predicted octanol–water partition coefficient (Wildman–Crippen LogP) is -3.60. The van der Waals surface area contributed by atoms with Crippen LogP contribution < -0.4 is 54.0 Å². The van der Waals surface area contributed by atoms with Crippen molar-refractivity contribution in [3.05, 3.63) is 36.0 Å². The Morgan fingerprint density at radius 3 is 1.68 bits per heavy atom. The number of carboxylic acids is 2. The first-order valence-electron chi connectivity index (χ1n) is 22.0. The first-order valence-corrected chi connectivity index (χ1v) is 22.6. The van der Waals surface area contributed by atoms with Gasteiger partial charge in [0.25, 0.3) is 0 Å². The van der Waals surface area contributed by atoms with E-state index in [-0.39, 0.29) is 24.5 Å². The number of nitrogens with one attached hydrogen (secondary N) is 9. The van der Waals surface area contributed by atoms with Crippen LogP contribution in [0.1, 0.15) is 72.8 Å². The van der Waals surface area contributed by atoms with Crippen LogP contribution in [0.3, 0.4) is 0 Å². The lowest BCUT2D eigenvalue weighted by atomic mass is 9.99. The van der Waals surface area contributed by atoms with E-state index in [1.165, 1.54) is 13.8 Å². The van der Waals surface area contributed by atoms with Crippen LogP contribution in [-0.2, 0) is 59.2 Å². The summed E-state index contributed by atoms with van der Waals surface area (Å²) in [5, 5.41) is 48.4. The van der Waals surface area contributed by atoms with Crippen LogP contribution >= 0.6 is 12.6 Å². The molecule has 0 fully saturated rings. The molecule has 0 saturated heterocycles. The van der Waals surface area contributed by atoms with Crippen molar-refractivity contribution in [1.82, 2.24) is 47.5 Å². The van der Waals surface area contributed by atoms with Crippen molar-refractivity contribution in [2.24, 2.45) is 23.3 Å². The zero-order valence-corrected chi connectivity index (χ0v) is 40.0. The molecule has 1 aromatic carbocycles. The molecule has 26 heteroatoms. The SMILES string of the molecule is CC(C)C[C@H](NC(=O)[C@H](CC(N)=O)NC(=O)[C@H](CCC(=O)O)NC(=O)[C@H](C)NC(=O)[C@H](C)NC(=O)[C@H](CO)NC(=O)[C@@H](N)CS)C(=O)N[C@@H](Cc1c[nH]c2ccccc12)C(=O)N[C@H](C(=O)O)C(C)C. The monoisotopic (exact) mass is 991 g/mol. The number of benzene rings is 1. The summed E-state index contributed by atoms with van der Waals surface area (Å²) in [4.78, 5) is 145. The third-order valence-electron chi connectivity index (χ3n) is 10.5. The van der Waals surface area contributed by atoms with E-state index in [1.807, 2.05) is 0 Å². The number of aliphatic hydroxyl groups is 1. The molecule has 2 rings (SSSR count). The number of hydrogen-bond acceptors (Lipinski definition) is 14. The van der Waals surface area contributed by atoms with Gasteiger partial charge in [-0.3, -0.25) is 47.9 Å². The number of aromatic amines is 1. The van der Waals surface area contributed by atoms with Crippen molar-refractivity contribution in [2.45, 2.75) is 128 Å². The number of fused-ring (bicyclic) bond motifs is 1. The minimum absolute atomic E-state index is 0.0487. The summed E-state index contributed by atoms with van der Waals surface area (Å²) in [6, 6.07) is -5.89. The Bertz CT molecular complexity index is 2190. The molecule has 0 saturated carbocycles. The lowest BCUT2D eigenvalue weighted by molar-refractivity contribution is -0.143. The molecular formula is C43H65N11O14S. The topological polar surface area (TPSA) is 413 Å². The van der Waals surface area contributed by atoms with Gasteiger partial charge in [-0.2, -0.15) is 12.6 Å². The van der Waals surface area contributed by atoms with Crippen molar-refractivity contribution < 1.29 is 68.1 Å². The number of aromatic nitrogens is 1. The average molecular weight is 992 g/mol. The molecule has 0 aliphatic heterocycles. The van der Waals surface area contributed by atoms with Crippen molar-refractivity contribution >= 4 is 88.6 Å². The van der Waals surface area contributed by atoms with Crippen molar-refractivity contribution in [1.29, 1.82) is 0 Å². The zero-order valence-electron chi connectivity index (χ0n) is 39.1. The van der Waals surface area contributed by atoms with Crippen molar-refractivity contribution in [3.63, 3.8) is 0 Å².